The molecule has 3 aromatic carbocycles. The molecule has 0 spiro atoms. The maximum Gasteiger partial charge on any atom is 0.418 e. The van der Waals surface area contributed by atoms with Crippen molar-refractivity contribution in [2.45, 2.75) is 24.9 Å². The molecule has 3 rings (SSSR count). The van der Waals surface area contributed by atoms with Crippen LogP contribution in [0.1, 0.15) is 27.0 Å². The van der Waals surface area contributed by atoms with Crippen LogP contribution in [0.4, 0.5) is 24.5 Å². The summed E-state index contributed by atoms with van der Waals surface area (Å²) in [6.07, 6.45) is -4.67. The predicted molar refractivity (Wildman–Crippen MR) is 118 cm³/mol. The summed E-state index contributed by atoms with van der Waals surface area (Å²) in [4.78, 5) is 12.2. The van der Waals surface area contributed by atoms with Gasteiger partial charge in [-0.2, -0.15) is 13.2 Å². The summed E-state index contributed by atoms with van der Waals surface area (Å²) >= 11 is 6.06. The lowest BCUT2D eigenvalue weighted by Crippen LogP contribution is -2.18. The van der Waals surface area contributed by atoms with Crippen LogP contribution in [-0.2, 0) is 16.2 Å². The first-order valence-electron chi connectivity index (χ1n) is 9.25. The van der Waals surface area contributed by atoms with Crippen LogP contribution < -0.4 is 10.0 Å². The normalized spacial score (nSPS) is 11.8. The number of halogens is 4. The number of anilines is 2. The van der Waals surface area contributed by atoms with Crippen LogP contribution in [0.2, 0.25) is 5.02 Å². The number of carbonyl (C=O) groups is 1. The van der Waals surface area contributed by atoms with Gasteiger partial charge in [0.15, 0.2) is 0 Å². The van der Waals surface area contributed by atoms with E-state index < -0.39 is 33.4 Å². The Hall–Kier alpha value is -3.04. The first-order valence-corrected chi connectivity index (χ1v) is 11.1. The van der Waals surface area contributed by atoms with Crippen molar-refractivity contribution in [1.29, 1.82) is 0 Å². The van der Waals surface area contributed by atoms with E-state index in [0.717, 1.165) is 29.3 Å². The summed E-state index contributed by atoms with van der Waals surface area (Å²) in [5.74, 6) is -0.916. The minimum absolute atomic E-state index is 0.144. The molecule has 1 amide bonds. The average Bonchev–Trinajstić information content (AvgIpc) is 2.66. The van der Waals surface area contributed by atoms with E-state index in [0.29, 0.717) is 5.69 Å². The zero-order chi connectivity index (χ0) is 23.7. The van der Waals surface area contributed by atoms with Crippen LogP contribution in [0.15, 0.2) is 65.6 Å². The lowest BCUT2D eigenvalue weighted by molar-refractivity contribution is -0.136. The van der Waals surface area contributed by atoms with Crippen molar-refractivity contribution >= 4 is 38.9 Å². The fourth-order valence-electron chi connectivity index (χ4n) is 3.13. The van der Waals surface area contributed by atoms with Crippen molar-refractivity contribution in [1.82, 2.24) is 0 Å². The van der Waals surface area contributed by atoms with Crippen LogP contribution in [0.25, 0.3) is 0 Å². The Kier molecular flexibility index (Phi) is 6.52. The second kappa shape index (κ2) is 8.84. The summed E-state index contributed by atoms with van der Waals surface area (Å²) in [5, 5.41) is 2.03. The predicted octanol–water partition coefficient (Wildman–Crippen LogP) is 6.03. The van der Waals surface area contributed by atoms with Gasteiger partial charge < -0.3 is 5.32 Å². The molecule has 0 aliphatic carbocycles. The lowest BCUT2D eigenvalue weighted by Gasteiger charge is -2.14. The minimum atomic E-state index is -4.67. The molecular weight excluding hydrogens is 465 g/mol. The SMILES string of the molecule is Cc1cc(C)cc(NS(=O)(=O)c2cc(C(=O)Nc3ccccc3C(F)(F)F)ccc2Cl)c1. The molecule has 3 aromatic rings. The Morgan fingerprint density at radius 2 is 1.56 bits per heavy atom. The van der Waals surface area contributed by atoms with Crippen LogP contribution in [0, 0.1) is 13.8 Å². The summed E-state index contributed by atoms with van der Waals surface area (Å²) in [5.41, 5.74) is 0.347. The van der Waals surface area contributed by atoms with Crippen molar-refractivity contribution in [3.05, 3.63) is 87.9 Å². The molecule has 0 radical (unpaired) electrons. The third-order valence-electron chi connectivity index (χ3n) is 4.44. The molecule has 168 valence electrons. The summed E-state index contributed by atoms with van der Waals surface area (Å²) in [6.45, 7) is 3.61. The van der Waals surface area contributed by atoms with Gasteiger partial charge in [0.05, 0.1) is 16.3 Å². The van der Waals surface area contributed by atoms with Crippen LogP contribution in [-0.4, -0.2) is 14.3 Å². The van der Waals surface area contributed by atoms with Gasteiger partial charge in [-0.1, -0.05) is 29.8 Å². The Labute approximate surface area is 188 Å². The number of rotatable bonds is 5. The van der Waals surface area contributed by atoms with Crippen molar-refractivity contribution in [2.75, 3.05) is 10.0 Å². The van der Waals surface area contributed by atoms with Crippen molar-refractivity contribution in [3.8, 4) is 0 Å². The molecule has 0 saturated heterocycles. The molecule has 10 heteroatoms. The van der Waals surface area contributed by atoms with E-state index in [2.05, 4.69) is 10.0 Å². The molecule has 0 bridgehead atoms. The first-order chi connectivity index (χ1) is 14.9. The topological polar surface area (TPSA) is 75.3 Å². The Balaban J connectivity index is 1.93. The summed E-state index contributed by atoms with van der Waals surface area (Å²) in [6, 6.07) is 13.0. The van der Waals surface area contributed by atoms with Gasteiger partial charge in [0, 0.05) is 11.3 Å². The maximum absolute atomic E-state index is 13.2. The number of aryl methyl sites for hydroxylation is 2. The smallest absolute Gasteiger partial charge is 0.321 e. The van der Waals surface area contributed by atoms with Gasteiger partial charge in [0.2, 0.25) is 0 Å². The largest absolute Gasteiger partial charge is 0.418 e. The molecule has 32 heavy (non-hydrogen) atoms. The van der Waals surface area contributed by atoms with E-state index in [-0.39, 0.29) is 15.5 Å². The molecule has 5 nitrogen and oxygen atoms in total. The standard InChI is InChI=1S/C22H18ClF3N2O3S/c1-13-9-14(2)11-16(10-13)28-32(30,31)20-12-15(7-8-18(20)23)21(29)27-19-6-4-3-5-17(19)22(24,25)26/h3-12,28H,1-2H3,(H,27,29). The molecule has 0 aliphatic heterocycles. The first kappa shape index (κ1) is 23.6. The zero-order valence-corrected chi connectivity index (χ0v) is 18.5. The molecule has 0 aliphatic rings. The van der Waals surface area contributed by atoms with E-state index >= 15 is 0 Å². The van der Waals surface area contributed by atoms with Crippen LogP contribution >= 0.6 is 11.6 Å². The quantitative estimate of drug-likeness (QED) is 0.466. The third kappa shape index (κ3) is 5.41. The Morgan fingerprint density at radius 1 is 0.938 bits per heavy atom. The number of nitrogens with one attached hydrogen (secondary N) is 2. The molecule has 0 saturated carbocycles. The van der Waals surface area contributed by atoms with Gasteiger partial charge in [-0.15, -0.1) is 0 Å². The average molecular weight is 483 g/mol. The van der Waals surface area contributed by atoms with Gasteiger partial charge in [-0.3, -0.25) is 9.52 Å². The lowest BCUT2D eigenvalue weighted by atomic mass is 10.1. The molecule has 0 unspecified atom stereocenters. The fourth-order valence-corrected chi connectivity index (χ4v) is 4.70. The highest BCUT2D eigenvalue weighted by Gasteiger charge is 2.33. The number of carbonyl (C=O) groups excluding carboxylic acids is 1. The van der Waals surface area contributed by atoms with Gasteiger partial charge in [-0.25, -0.2) is 8.42 Å². The number of hydrogen-bond acceptors (Lipinski definition) is 3. The Morgan fingerprint density at radius 3 is 2.19 bits per heavy atom. The van der Waals surface area contributed by atoms with Crippen LogP contribution in [0.3, 0.4) is 0 Å². The zero-order valence-electron chi connectivity index (χ0n) is 16.9. The van der Waals surface area contributed by atoms with E-state index in [1.54, 1.807) is 12.1 Å². The number of alkyl halides is 3. The molecule has 0 aromatic heterocycles. The molecular formula is C22H18ClF3N2O3S. The highest BCUT2D eigenvalue weighted by Crippen LogP contribution is 2.35. The van der Waals surface area contributed by atoms with E-state index in [1.807, 2.05) is 19.9 Å². The second-order valence-corrected chi connectivity index (χ2v) is 9.18. The Bertz CT molecular complexity index is 1270. The summed E-state index contributed by atoms with van der Waals surface area (Å²) < 4.78 is 67.7. The minimum Gasteiger partial charge on any atom is -0.321 e. The number of amides is 1. The van der Waals surface area contributed by atoms with Gasteiger partial charge in [-0.05, 0) is 67.4 Å². The van der Waals surface area contributed by atoms with Crippen LogP contribution in [0.5, 0.6) is 0 Å². The molecule has 0 fully saturated rings. The summed E-state index contributed by atoms with van der Waals surface area (Å²) in [7, 11) is -4.18. The van der Waals surface area contributed by atoms with Crippen molar-refractivity contribution in [2.24, 2.45) is 0 Å². The number of hydrogen-bond donors (Lipinski definition) is 2. The highest BCUT2D eigenvalue weighted by molar-refractivity contribution is 7.92. The third-order valence-corrected chi connectivity index (χ3v) is 6.30. The van der Waals surface area contributed by atoms with E-state index in [9.17, 15) is 26.4 Å². The van der Waals surface area contributed by atoms with E-state index in [1.165, 1.54) is 24.3 Å². The number of para-hydroxylation sites is 1. The molecule has 2 N–H and O–H groups in total. The second-order valence-electron chi connectivity index (χ2n) is 7.12. The fraction of sp³-hybridized carbons (Fsp3) is 0.136. The van der Waals surface area contributed by atoms with Gasteiger partial charge in [0.25, 0.3) is 15.9 Å². The van der Waals surface area contributed by atoms with Gasteiger partial charge in [0.1, 0.15) is 4.90 Å². The molecule has 0 atom stereocenters. The van der Waals surface area contributed by atoms with Crippen molar-refractivity contribution in [3.63, 3.8) is 0 Å². The number of benzene rings is 3. The molecule has 0 heterocycles. The van der Waals surface area contributed by atoms with Crippen molar-refractivity contribution < 1.29 is 26.4 Å². The number of sulfonamides is 1. The van der Waals surface area contributed by atoms with E-state index in [4.69, 9.17) is 11.6 Å². The monoisotopic (exact) mass is 482 g/mol. The maximum atomic E-state index is 13.2. The highest BCUT2D eigenvalue weighted by atomic mass is 35.5. The van der Waals surface area contributed by atoms with Gasteiger partial charge >= 0.3 is 6.18 Å².